The minimum atomic E-state index is -4.62. The lowest BCUT2D eigenvalue weighted by molar-refractivity contribution is -0.385. The molecule has 0 N–H and O–H groups in total. The van der Waals surface area contributed by atoms with Gasteiger partial charge in [0.1, 0.15) is 0 Å². The number of halogens is 5. The summed E-state index contributed by atoms with van der Waals surface area (Å²) in [6.07, 6.45) is -4.00. The smallest absolute Gasteiger partial charge is 0.258 e. The zero-order chi connectivity index (χ0) is 26.8. The van der Waals surface area contributed by atoms with Gasteiger partial charge in [-0.1, -0.05) is 23.2 Å². The van der Waals surface area contributed by atoms with Gasteiger partial charge in [-0.05, 0) is 55.0 Å². The minimum Gasteiger partial charge on any atom is -0.258 e. The van der Waals surface area contributed by atoms with Gasteiger partial charge in [0.25, 0.3) is 5.69 Å². The average Bonchev–Trinajstić information content (AvgIpc) is 2.78. The third-order valence-electron chi connectivity index (χ3n) is 4.97. The second kappa shape index (κ2) is 10.4. The van der Waals surface area contributed by atoms with Gasteiger partial charge < -0.3 is 0 Å². The summed E-state index contributed by atoms with van der Waals surface area (Å²) in [6.45, 7) is 1.53. The number of alkyl halides is 3. The molecule has 190 valence electrons. The maximum absolute atomic E-state index is 12.9. The first-order valence-corrected chi connectivity index (χ1v) is 12.4. The Kier molecular flexibility index (Phi) is 7.91. The SMILES string of the molecule is C/C(=N/N(C)c1ncc(C(F)(F)F)cc1Cl)c1ccc([N+](=O)[O-])c(CS(=O)(=O)c2ccc(Cl)cc2)c1. The summed E-state index contributed by atoms with van der Waals surface area (Å²) in [5.41, 5.74) is -0.875. The van der Waals surface area contributed by atoms with Gasteiger partial charge >= 0.3 is 6.18 Å². The van der Waals surface area contributed by atoms with Crippen molar-refractivity contribution >= 4 is 50.3 Å². The van der Waals surface area contributed by atoms with Gasteiger partial charge in [0.2, 0.25) is 0 Å². The molecule has 0 aliphatic rings. The Bertz CT molecular complexity index is 1450. The lowest BCUT2D eigenvalue weighted by atomic mass is 10.1. The molecule has 0 radical (unpaired) electrons. The predicted octanol–water partition coefficient (Wildman–Crippen LogP) is 6.15. The van der Waals surface area contributed by atoms with E-state index in [1.807, 2.05) is 0 Å². The zero-order valence-corrected chi connectivity index (χ0v) is 21.0. The van der Waals surface area contributed by atoms with Crippen molar-refractivity contribution in [1.82, 2.24) is 4.98 Å². The molecule has 2 aromatic carbocycles. The van der Waals surface area contributed by atoms with Gasteiger partial charge in [0, 0.05) is 29.9 Å². The summed E-state index contributed by atoms with van der Waals surface area (Å²) in [5.74, 6) is -0.717. The number of hydrazone groups is 1. The predicted molar refractivity (Wildman–Crippen MR) is 130 cm³/mol. The van der Waals surface area contributed by atoms with Crippen LogP contribution in [0.1, 0.15) is 23.6 Å². The fraction of sp³-hybridized carbons (Fsp3) is 0.182. The molecule has 0 fully saturated rings. The number of nitro groups is 1. The summed E-state index contributed by atoms with van der Waals surface area (Å²) in [7, 11) is -2.54. The van der Waals surface area contributed by atoms with Crippen LogP contribution in [0.2, 0.25) is 10.0 Å². The van der Waals surface area contributed by atoms with Crippen molar-refractivity contribution < 1.29 is 26.5 Å². The topological polar surface area (TPSA) is 106 Å². The van der Waals surface area contributed by atoms with E-state index in [4.69, 9.17) is 23.2 Å². The molecule has 1 aromatic heterocycles. The highest BCUT2D eigenvalue weighted by atomic mass is 35.5. The molecule has 0 aliphatic heterocycles. The van der Waals surface area contributed by atoms with Crippen molar-refractivity contribution in [3.8, 4) is 0 Å². The minimum absolute atomic E-state index is 0.0558. The molecule has 3 aromatic rings. The summed E-state index contributed by atoms with van der Waals surface area (Å²) in [5, 5.41) is 16.9. The molecule has 0 aliphatic carbocycles. The average molecular weight is 561 g/mol. The molecule has 0 unspecified atom stereocenters. The molecule has 0 atom stereocenters. The molecule has 0 saturated heterocycles. The van der Waals surface area contributed by atoms with Crippen molar-refractivity contribution in [1.29, 1.82) is 0 Å². The Morgan fingerprint density at radius 1 is 1.14 bits per heavy atom. The molecule has 36 heavy (non-hydrogen) atoms. The van der Waals surface area contributed by atoms with Crippen molar-refractivity contribution in [2.24, 2.45) is 5.10 Å². The highest BCUT2D eigenvalue weighted by Crippen LogP contribution is 2.33. The van der Waals surface area contributed by atoms with Gasteiger partial charge in [-0.3, -0.25) is 10.1 Å². The summed E-state index contributed by atoms with van der Waals surface area (Å²) < 4.78 is 64.3. The van der Waals surface area contributed by atoms with Crippen LogP contribution in [0.4, 0.5) is 24.7 Å². The number of hydrogen-bond acceptors (Lipinski definition) is 7. The first-order valence-electron chi connectivity index (χ1n) is 9.97. The third-order valence-corrected chi connectivity index (χ3v) is 7.18. The summed E-state index contributed by atoms with van der Waals surface area (Å²) >= 11 is 11.8. The number of benzene rings is 2. The summed E-state index contributed by atoms with van der Waals surface area (Å²) in [6, 6.07) is 9.97. The monoisotopic (exact) mass is 560 g/mol. The van der Waals surface area contributed by atoms with Crippen LogP contribution in [-0.2, 0) is 21.8 Å². The molecule has 0 spiro atoms. The van der Waals surface area contributed by atoms with Gasteiger partial charge in [-0.25, -0.2) is 18.4 Å². The van der Waals surface area contributed by atoms with Crippen molar-refractivity contribution in [2.75, 3.05) is 12.1 Å². The second-order valence-electron chi connectivity index (χ2n) is 7.55. The van der Waals surface area contributed by atoms with Crippen LogP contribution in [0.25, 0.3) is 0 Å². The lowest BCUT2D eigenvalue weighted by Crippen LogP contribution is -2.16. The quantitative estimate of drug-likeness (QED) is 0.195. The second-order valence-corrected chi connectivity index (χ2v) is 10.4. The normalized spacial score (nSPS) is 12.5. The van der Waals surface area contributed by atoms with Crippen molar-refractivity contribution in [3.63, 3.8) is 0 Å². The van der Waals surface area contributed by atoms with E-state index in [-0.39, 0.29) is 27.0 Å². The van der Waals surface area contributed by atoms with Crippen LogP contribution in [0.3, 0.4) is 0 Å². The van der Waals surface area contributed by atoms with Crippen LogP contribution in [0, 0.1) is 10.1 Å². The van der Waals surface area contributed by atoms with Crippen LogP contribution >= 0.6 is 23.2 Å². The number of hydrogen-bond donors (Lipinski definition) is 0. The third kappa shape index (κ3) is 6.31. The van der Waals surface area contributed by atoms with E-state index < -0.39 is 37.9 Å². The van der Waals surface area contributed by atoms with Crippen molar-refractivity contribution in [3.05, 3.63) is 91.6 Å². The van der Waals surface area contributed by atoms with Crippen LogP contribution in [0.15, 0.2) is 64.7 Å². The standard InChI is InChI=1S/C22H17Cl2F3N4O4S/c1-13(29-30(2)21-19(24)10-16(11-28-21)22(25,26)27)14-3-8-20(31(32)33)15(9-14)12-36(34,35)18-6-4-17(23)5-7-18/h3-11H,12H2,1-2H3/b29-13-. The number of sulfone groups is 1. The number of anilines is 1. The highest BCUT2D eigenvalue weighted by molar-refractivity contribution is 7.90. The van der Waals surface area contributed by atoms with Gasteiger partial charge in [0.05, 0.1) is 31.9 Å². The highest BCUT2D eigenvalue weighted by Gasteiger charge is 2.32. The maximum Gasteiger partial charge on any atom is 0.417 e. The maximum atomic E-state index is 12.9. The molecular formula is C22H17Cl2F3N4O4S. The molecule has 0 saturated carbocycles. The Hall–Kier alpha value is -3.22. The molecule has 3 rings (SSSR count). The Labute approximate surface area is 214 Å². The molecule has 8 nitrogen and oxygen atoms in total. The van der Waals surface area contributed by atoms with E-state index in [1.165, 1.54) is 50.4 Å². The van der Waals surface area contributed by atoms with E-state index in [9.17, 15) is 31.7 Å². The van der Waals surface area contributed by atoms with E-state index in [1.54, 1.807) is 0 Å². The van der Waals surface area contributed by atoms with E-state index in [0.29, 0.717) is 16.8 Å². The molecular weight excluding hydrogens is 544 g/mol. The molecule has 0 amide bonds. The first kappa shape index (κ1) is 27.4. The molecule has 0 bridgehead atoms. The number of rotatable bonds is 7. The lowest BCUT2D eigenvalue weighted by Gasteiger charge is -2.16. The van der Waals surface area contributed by atoms with Crippen LogP contribution < -0.4 is 5.01 Å². The molecule has 1 heterocycles. The van der Waals surface area contributed by atoms with E-state index in [2.05, 4.69) is 10.1 Å². The van der Waals surface area contributed by atoms with Gasteiger partial charge in [-0.2, -0.15) is 18.3 Å². The van der Waals surface area contributed by atoms with Gasteiger partial charge in [0.15, 0.2) is 15.7 Å². The fourth-order valence-electron chi connectivity index (χ4n) is 3.19. The van der Waals surface area contributed by atoms with Crippen molar-refractivity contribution in [2.45, 2.75) is 23.7 Å². The fourth-order valence-corrected chi connectivity index (χ4v) is 4.96. The summed E-state index contributed by atoms with van der Waals surface area (Å²) in [4.78, 5) is 14.5. The Morgan fingerprint density at radius 2 is 1.78 bits per heavy atom. The zero-order valence-electron chi connectivity index (χ0n) is 18.6. The number of nitrogens with zero attached hydrogens (tertiary/aromatic N) is 4. The molecule has 14 heteroatoms. The number of pyridine rings is 1. The van der Waals surface area contributed by atoms with Gasteiger partial charge in [-0.15, -0.1) is 0 Å². The Balaban J connectivity index is 1.95. The largest absolute Gasteiger partial charge is 0.417 e. The van der Waals surface area contributed by atoms with Crippen LogP contribution in [-0.4, -0.2) is 31.1 Å². The van der Waals surface area contributed by atoms with E-state index in [0.717, 1.165) is 17.1 Å². The Morgan fingerprint density at radius 3 is 2.33 bits per heavy atom. The van der Waals surface area contributed by atoms with Crippen LogP contribution in [0.5, 0.6) is 0 Å². The first-order chi connectivity index (χ1) is 16.7. The van der Waals surface area contributed by atoms with E-state index >= 15 is 0 Å². The number of nitro benzene ring substituents is 1. The number of aromatic nitrogens is 1.